The van der Waals surface area contributed by atoms with E-state index < -0.39 is 0 Å². The van der Waals surface area contributed by atoms with Crippen LogP contribution in [0.1, 0.15) is 18.4 Å². The van der Waals surface area contributed by atoms with Gasteiger partial charge in [-0.2, -0.15) is 0 Å². The number of hydrogen-bond acceptors (Lipinski definition) is 9. The quantitative estimate of drug-likeness (QED) is 0.401. The SMILES string of the molecule is COc1ccccc1COc1cc(NC(=O)[C@H]2CCCN(c3cc(-n4ccnc4)ncn3)C2)ncn1. The summed E-state index contributed by atoms with van der Waals surface area (Å²) in [6.45, 7) is 1.65. The van der Waals surface area contributed by atoms with Crippen molar-refractivity contribution in [3.8, 4) is 17.4 Å². The first kappa shape index (κ1) is 23.2. The number of rotatable bonds is 8. The fraction of sp³-hybridized carbons (Fsp3) is 0.280. The zero-order chi connectivity index (χ0) is 24.7. The number of anilines is 2. The molecule has 11 nitrogen and oxygen atoms in total. The number of carbonyl (C=O) groups excluding carboxylic acids is 1. The molecule has 1 atom stereocenters. The lowest BCUT2D eigenvalue weighted by atomic mass is 9.97. The first-order valence-electron chi connectivity index (χ1n) is 11.6. The third-order valence-electron chi connectivity index (χ3n) is 5.98. The molecule has 4 heterocycles. The van der Waals surface area contributed by atoms with Crippen LogP contribution in [0.3, 0.4) is 0 Å². The van der Waals surface area contributed by atoms with Crippen LogP contribution < -0.4 is 19.7 Å². The molecular formula is C25H26N8O3. The van der Waals surface area contributed by atoms with Crippen molar-refractivity contribution in [3.05, 3.63) is 73.3 Å². The Balaban J connectivity index is 1.21. The Morgan fingerprint density at radius 1 is 1.11 bits per heavy atom. The van der Waals surface area contributed by atoms with Crippen molar-refractivity contribution in [2.45, 2.75) is 19.4 Å². The van der Waals surface area contributed by atoms with Gasteiger partial charge in [0.15, 0.2) is 0 Å². The summed E-state index contributed by atoms with van der Waals surface area (Å²) in [5, 5.41) is 2.91. The lowest BCUT2D eigenvalue weighted by molar-refractivity contribution is -0.120. The number of aromatic nitrogens is 6. The van der Waals surface area contributed by atoms with E-state index in [9.17, 15) is 4.79 Å². The molecule has 184 valence electrons. The van der Waals surface area contributed by atoms with E-state index in [1.54, 1.807) is 25.7 Å². The molecule has 1 fully saturated rings. The molecule has 1 amide bonds. The predicted octanol–water partition coefficient (Wildman–Crippen LogP) is 2.90. The molecule has 4 aromatic rings. The fourth-order valence-corrected chi connectivity index (χ4v) is 4.13. The molecule has 1 aromatic carbocycles. The van der Waals surface area contributed by atoms with E-state index >= 15 is 0 Å². The third-order valence-corrected chi connectivity index (χ3v) is 5.98. The summed E-state index contributed by atoms with van der Waals surface area (Å²) in [5.74, 6) is 2.70. The molecule has 0 aliphatic carbocycles. The number of amides is 1. The van der Waals surface area contributed by atoms with Crippen LogP contribution in [0.2, 0.25) is 0 Å². The molecule has 1 aliphatic rings. The molecule has 0 radical (unpaired) electrons. The fourth-order valence-electron chi connectivity index (χ4n) is 4.13. The zero-order valence-corrected chi connectivity index (χ0v) is 19.8. The van der Waals surface area contributed by atoms with Gasteiger partial charge in [0.25, 0.3) is 0 Å². The highest BCUT2D eigenvalue weighted by Gasteiger charge is 2.27. The number of nitrogens with one attached hydrogen (secondary N) is 1. The van der Waals surface area contributed by atoms with Gasteiger partial charge in [-0.15, -0.1) is 0 Å². The summed E-state index contributed by atoms with van der Waals surface area (Å²) in [6.07, 6.45) is 9.78. The van der Waals surface area contributed by atoms with E-state index in [0.29, 0.717) is 18.2 Å². The minimum absolute atomic E-state index is 0.0991. The van der Waals surface area contributed by atoms with Gasteiger partial charge in [0, 0.05) is 43.2 Å². The van der Waals surface area contributed by atoms with Crippen LogP contribution in [0.5, 0.6) is 11.6 Å². The van der Waals surface area contributed by atoms with Crippen LogP contribution in [0.25, 0.3) is 5.82 Å². The summed E-state index contributed by atoms with van der Waals surface area (Å²) >= 11 is 0. The average molecular weight is 487 g/mol. The molecule has 3 aromatic heterocycles. The van der Waals surface area contributed by atoms with Crippen molar-refractivity contribution in [3.63, 3.8) is 0 Å². The second kappa shape index (κ2) is 10.8. The Labute approximate surface area is 208 Å². The number of benzene rings is 1. The molecule has 1 N–H and O–H groups in total. The molecule has 1 saturated heterocycles. The number of para-hydroxylation sites is 1. The first-order valence-corrected chi connectivity index (χ1v) is 11.6. The molecule has 0 spiro atoms. The molecule has 0 unspecified atom stereocenters. The Morgan fingerprint density at radius 3 is 2.83 bits per heavy atom. The summed E-state index contributed by atoms with van der Waals surface area (Å²) in [7, 11) is 1.62. The highest BCUT2D eigenvalue weighted by molar-refractivity contribution is 5.92. The van der Waals surface area contributed by atoms with E-state index in [0.717, 1.165) is 42.3 Å². The maximum Gasteiger partial charge on any atom is 0.230 e. The maximum atomic E-state index is 13.1. The van der Waals surface area contributed by atoms with Crippen molar-refractivity contribution in [2.24, 2.45) is 5.92 Å². The average Bonchev–Trinajstić information content (AvgIpc) is 3.48. The second-order valence-electron chi connectivity index (χ2n) is 8.32. The van der Waals surface area contributed by atoms with E-state index in [1.807, 2.05) is 41.1 Å². The smallest absolute Gasteiger partial charge is 0.230 e. The van der Waals surface area contributed by atoms with E-state index in [1.165, 1.54) is 12.7 Å². The van der Waals surface area contributed by atoms with Crippen molar-refractivity contribution >= 4 is 17.5 Å². The molecule has 0 saturated carbocycles. The highest BCUT2D eigenvalue weighted by Crippen LogP contribution is 2.24. The van der Waals surface area contributed by atoms with Gasteiger partial charge in [-0.25, -0.2) is 24.9 Å². The monoisotopic (exact) mass is 486 g/mol. The Morgan fingerprint density at radius 2 is 1.97 bits per heavy atom. The topological polar surface area (TPSA) is 120 Å². The van der Waals surface area contributed by atoms with Gasteiger partial charge in [0.2, 0.25) is 11.8 Å². The Bertz CT molecular complexity index is 1310. The van der Waals surface area contributed by atoms with Crippen molar-refractivity contribution in [2.75, 3.05) is 30.4 Å². The van der Waals surface area contributed by atoms with Gasteiger partial charge in [-0.05, 0) is 18.9 Å². The number of methoxy groups -OCH3 is 1. The molecular weight excluding hydrogens is 460 g/mol. The van der Waals surface area contributed by atoms with Crippen LogP contribution >= 0.6 is 0 Å². The minimum atomic E-state index is -0.210. The predicted molar refractivity (Wildman–Crippen MR) is 132 cm³/mol. The van der Waals surface area contributed by atoms with E-state index in [4.69, 9.17) is 9.47 Å². The van der Waals surface area contributed by atoms with Crippen LogP contribution in [-0.2, 0) is 11.4 Å². The van der Waals surface area contributed by atoms with Gasteiger partial charge in [0.05, 0.1) is 13.0 Å². The summed E-state index contributed by atoms with van der Waals surface area (Å²) in [5.41, 5.74) is 0.896. The van der Waals surface area contributed by atoms with Crippen LogP contribution in [0.4, 0.5) is 11.6 Å². The van der Waals surface area contributed by atoms with Gasteiger partial charge >= 0.3 is 0 Å². The molecule has 1 aliphatic heterocycles. The molecule has 36 heavy (non-hydrogen) atoms. The van der Waals surface area contributed by atoms with Gasteiger partial charge in [0.1, 0.15) is 48.8 Å². The normalized spacial score (nSPS) is 15.4. The maximum absolute atomic E-state index is 13.1. The minimum Gasteiger partial charge on any atom is -0.496 e. The number of imidazole rings is 1. The highest BCUT2D eigenvalue weighted by atomic mass is 16.5. The van der Waals surface area contributed by atoms with Gasteiger partial charge in [-0.3, -0.25) is 9.36 Å². The van der Waals surface area contributed by atoms with Crippen LogP contribution in [0, 0.1) is 5.92 Å². The first-order chi connectivity index (χ1) is 17.7. The Kier molecular flexibility index (Phi) is 6.97. The molecule has 11 heteroatoms. The van der Waals surface area contributed by atoms with Crippen molar-refractivity contribution < 1.29 is 14.3 Å². The summed E-state index contributed by atoms with van der Waals surface area (Å²) < 4.78 is 13.0. The summed E-state index contributed by atoms with van der Waals surface area (Å²) in [6, 6.07) is 11.1. The van der Waals surface area contributed by atoms with Crippen molar-refractivity contribution in [1.29, 1.82) is 0 Å². The molecule has 5 rings (SSSR count). The Hall–Kier alpha value is -4.54. The van der Waals surface area contributed by atoms with E-state index in [2.05, 4.69) is 35.1 Å². The lowest BCUT2D eigenvalue weighted by Crippen LogP contribution is -2.41. The number of hydrogen-bond donors (Lipinski definition) is 1. The molecule has 0 bridgehead atoms. The number of piperidine rings is 1. The number of ether oxygens (including phenoxy) is 2. The largest absolute Gasteiger partial charge is 0.496 e. The van der Waals surface area contributed by atoms with Gasteiger partial charge in [-0.1, -0.05) is 18.2 Å². The van der Waals surface area contributed by atoms with Gasteiger partial charge < -0.3 is 19.7 Å². The zero-order valence-electron chi connectivity index (χ0n) is 19.8. The lowest BCUT2D eigenvalue weighted by Gasteiger charge is -2.32. The summed E-state index contributed by atoms with van der Waals surface area (Å²) in [4.78, 5) is 36.3. The number of nitrogens with zero attached hydrogens (tertiary/aromatic N) is 7. The van der Waals surface area contributed by atoms with Crippen LogP contribution in [-0.4, -0.2) is 55.6 Å². The third kappa shape index (κ3) is 5.40. The standard InChI is InChI=1S/C25H26N8O3/c1-35-20-7-3-2-5-19(20)14-36-24-11-21(27-15-30-24)31-25(34)18-6-4-9-32(13-18)22-12-23(29-16-28-22)33-10-8-26-17-33/h2-3,5,7-8,10-12,15-18H,4,6,9,13-14H2,1H3,(H,27,30,31,34)/t18-/m0/s1. The second-order valence-corrected chi connectivity index (χ2v) is 8.32. The van der Waals surface area contributed by atoms with E-state index in [-0.39, 0.29) is 18.4 Å². The van der Waals surface area contributed by atoms with Crippen molar-refractivity contribution in [1.82, 2.24) is 29.5 Å². The number of carbonyl (C=O) groups is 1. The van der Waals surface area contributed by atoms with Crippen LogP contribution in [0.15, 0.2) is 67.8 Å².